The van der Waals surface area contributed by atoms with Crippen LogP contribution >= 0.6 is 12.2 Å². The van der Waals surface area contributed by atoms with Gasteiger partial charge in [0.15, 0.2) is 4.77 Å². The Morgan fingerprint density at radius 2 is 2.33 bits per heavy atom. The summed E-state index contributed by atoms with van der Waals surface area (Å²) < 4.78 is 4.20. The van der Waals surface area contributed by atoms with Gasteiger partial charge in [0, 0.05) is 0 Å². The van der Waals surface area contributed by atoms with E-state index < -0.39 is 11.7 Å². The van der Waals surface area contributed by atoms with Crippen LogP contribution in [-0.4, -0.2) is 21.2 Å². The third-order valence-corrected chi connectivity index (χ3v) is 1.20. The van der Waals surface area contributed by atoms with Crippen molar-refractivity contribution >= 4 is 18.4 Å². The second kappa shape index (κ2) is 3.18. The molecule has 0 radical (unpaired) electrons. The highest BCUT2D eigenvalue weighted by molar-refractivity contribution is 7.71. The highest BCUT2D eigenvalue weighted by atomic mass is 32.1. The predicted octanol–water partition coefficient (Wildman–Crippen LogP) is 0.489. The van der Waals surface area contributed by atoms with Crippen LogP contribution in [0.25, 0.3) is 0 Å². The molecule has 0 aromatic carbocycles. The van der Waals surface area contributed by atoms with Gasteiger partial charge in [0.1, 0.15) is 0 Å². The van der Waals surface area contributed by atoms with E-state index in [4.69, 9.17) is 5.11 Å². The van der Waals surface area contributed by atoms with Gasteiger partial charge in [-0.3, -0.25) is 9.78 Å². The number of H-pyrrole nitrogens is 2. The number of rotatable bonds is 1. The van der Waals surface area contributed by atoms with Gasteiger partial charge in [-0.15, -0.1) is 0 Å². The standard InChI is InChI=1S/C5H4N2O4S/c8-3-2(11-5(9)10)1-6-4(12)7-3/h1H,(H,9,10)(H2,6,7,8,12). The monoisotopic (exact) mass is 188 g/mol. The maximum absolute atomic E-state index is 10.8. The zero-order valence-electron chi connectivity index (χ0n) is 5.66. The molecule has 1 aromatic rings. The smallest absolute Gasteiger partial charge is 0.449 e. The van der Waals surface area contributed by atoms with Gasteiger partial charge in [-0.25, -0.2) is 4.79 Å². The second-order valence-electron chi connectivity index (χ2n) is 1.80. The summed E-state index contributed by atoms with van der Waals surface area (Å²) in [6, 6.07) is 0. The quantitative estimate of drug-likeness (QED) is 0.440. The third-order valence-electron chi connectivity index (χ3n) is 0.982. The van der Waals surface area contributed by atoms with Gasteiger partial charge >= 0.3 is 6.16 Å². The number of carbonyl (C=O) groups is 1. The minimum absolute atomic E-state index is 0.109. The van der Waals surface area contributed by atoms with E-state index >= 15 is 0 Å². The van der Waals surface area contributed by atoms with E-state index in [9.17, 15) is 9.59 Å². The van der Waals surface area contributed by atoms with Crippen LogP contribution in [0.2, 0.25) is 0 Å². The average Bonchev–Trinajstić information content (AvgIpc) is 1.94. The van der Waals surface area contributed by atoms with Crippen molar-refractivity contribution in [3.63, 3.8) is 0 Å². The molecule has 0 aliphatic heterocycles. The molecule has 0 aliphatic carbocycles. The van der Waals surface area contributed by atoms with E-state index in [1.807, 2.05) is 0 Å². The molecule has 1 heterocycles. The summed E-state index contributed by atoms with van der Waals surface area (Å²) in [6.45, 7) is 0. The van der Waals surface area contributed by atoms with Gasteiger partial charge in [-0.1, -0.05) is 0 Å². The number of aromatic amines is 2. The lowest BCUT2D eigenvalue weighted by atomic mass is 10.6. The molecular formula is C5H4N2O4S. The van der Waals surface area contributed by atoms with Crippen LogP contribution in [0.1, 0.15) is 0 Å². The zero-order valence-corrected chi connectivity index (χ0v) is 6.47. The first-order valence-electron chi connectivity index (χ1n) is 2.82. The van der Waals surface area contributed by atoms with E-state index in [1.54, 1.807) is 0 Å². The summed E-state index contributed by atoms with van der Waals surface area (Å²) in [4.78, 5) is 25.4. The van der Waals surface area contributed by atoms with Crippen molar-refractivity contribution < 1.29 is 14.6 Å². The molecule has 64 valence electrons. The number of aromatic nitrogens is 2. The van der Waals surface area contributed by atoms with Crippen LogP contribution in [-0.2, 0) is 0 Å². The third kappa shape index (κ3) is 1.92. The first kappa shape index (κ1) is 8.47. The number of nitrogens with one attached hydrogen (secondary N) is 2. The van der Waals surface area contributed by atoms with E-state index in [2.05, 4.69) is 26.9 Å². The Morgan fingerprint density at radius 3 is 2.83 bits per heavy atom. The molecule has 0 unspecified atom stereocenters. The second-order valence-corrected chi connectivity index (χ2v) is 2.21. The van der Waals surface area contributed by atoms with Crippen molar-refractivity contribution in [2.45, 2.75) is 0 Å². The Bertz CT molecular complexity index is 406. The predicted molar refractivity (Wildman–Crippen MR) is 40.9 cm³/mol. The number of ether oxygens (including phenoxy) is 1. The lowest BCUT2D eigenvalue weighted by molar-refractivity contribution is 0.143. The Kier molecular flexibility index (Phi) is 2.24. The van der Waals surface area contributed by atoms with Gasteiger partial charge in [0.05, 0.1) is 6.20 Å². The summed E-state index contributed by atoms with van der Waals surface area (Å²) in [5.74, 6) is -0.337. The molecular weight excluding hydrogens is 184 g/mol. The van der Waals surface area contributed by atoms with Crippen molar-refractivity contribution in [1.29, 1.82) is 0 Å². The molecule has 0 amide bonds. The van der Waals surface area contributed by atoms with Gasteiger partial charge in [-0.05, 0) is 12.2 Å². The molecule has 0 aliphatic rings. The molecule has 0 spiro atoms. The molecule has 1 aromatic heterocycles. The summed E-state index contributed by atoms with van der Waals surface area (Å²) in [7, 11) is 0. The summed E-state index contributed by atoms with van der Waals surface area (Å²) in [6.07, 6.45) is -0.471. The van der Waals surface area contributed by atoms with Crippen molar-refractivity contribution in [1.82, 2.24) is 9.97 Å². The maximum atomic E-state index is 10.8. The Balaban J connectivity index is 3.10. The summed E-state index contributed by atoms with van der Waals surface area (Å²) >= 11 is 4.56. The highest BCUT2D eigenvalue weighted by Crippen LogP contribution is 1.97. The minimum atomic E-state index is -1.55. The Hall–Kier alpha value is -1.63. The van der Waals surface area contributed by atoms with Crippen molar-refractivity contribution in [3.05, 3.63) is 21.3 Å². The van der Waals surface area contributed by atoms with Crippen LogP contribution in [0.3, 0.4) is 0 Å². The van der Waals surface area contributed by atoms with E-state index in [1.165, 1.54) is 0 Å². The van der Waals surface area contributed by atoms with Gasteiger partial charge in [0.25, 0.3) is 5.56 Å². The summed E-state index contributed by atoms with van der Waals surface area (Å²) in [5, 5.41) is 8.15. The zero-order chi connectivity index (χ0) is 9.14. The molecule has 1 rings (SSSR count). The fraction of sp³-hybridized carbons (Fsp3) is 0. The number of carboxylic acid groups (broad SMARTS) is 1. The maximum Gasteiger partial charge on any atom is 0.511 e. The van der Waals surface area contributed by atoms with Crippen molar-refractivity contribution in [3.8, 4) is 5.75 Å². The van der Waals surface area contributed by atoms with Crippen LogP contribution in [0.15, 0.2) is 11.0 Å². The van der Waals surface area contributed by atoms with Crippen LogP contribution < -0.4 is 10.3 Å². The molecule has 12 heavy (non-hydrogen) atoms. The number of hydrogen-bond donors (Lipinski definition) is 3. The highest BCUT2D eigenvalue weighted by Gasteiger charge is 2.04. The molecule has 0 saturated heterocycles. The van der Waals surface area contributed by atoms with E-state index in [0.29, 0.717) is 0 Å². The lowest BCUT2D eigenvalue weighted by Gasteiger charge is -1.95. The molecule has 3 N–H and O–H groups in total. The van der Waals surface area contributed by atoms with Crippen LogP contribution in [0, 0.1) is 4.77 Å². The first-order valence-corrected chi connectivity index (χ1v) is 3.23. The van der Waals surface area contributed by atoms with Gasteiger partial charge in [-0.2, -0.15) is 0 Å². The molecule has 0 atom stereocenters. The lowest BCUT2D eigenvalue weighted by Crippen LogP contribution is -2.15. The molecule has 0 bridgehead atoms. The van der Waals surface area contributed by atoms with Gasteiger partial charge in [0.2, 0.25) is 5.75 Å². The van der Waals surface area contributed by atoms with Crippen LogP contribution in [0.4, 0.5) is 4.79 Å². The van der Waals surface area contributed by atoms with Crippen molar-refractivity contribution in [2.24, 2.45) is 0 Å². The minimum Gasteiger partial charge on any atom is -0.449 e. The first-order chi connectivity index (χ1) is 5.59. The molecule has 6 nitrogen and oxygen atoms in total. The summed E-state index contributed by atoms with van der Waals surface area (Å²) in [5.41, 5.74) is -0.679. The van der Waals surface area contributed by atoms with Crippen molar-refractivity contribution in [2.75, 3.05) is 0 Å². The average molecular weight is 188 g/mol. The SMILES string of the molecule is O=C(O)Oc1c[nH]c(=S)[nH]c1=O. The fourth-order valence-electron chi connectivity index (χ4n) is 0.567. The Labute approximate surface area is 70.8 Å². The number of hydrogen-bond acceptors (Lipinski definition) is 4. The van der Waals surface area contributed by atoms with E-state index in [-0.39, 0.29) is 10.5 Å². The molecule has 7 heteroatoms. The van der Waals surface area contributed by atoms with Crippen LogP contribution in [0.5, 0.6) is 5.75 Å². The van der Waals surface area contributed by atoms with Gasteiger partial charge < -0.3 is 14.8 Å². The Morgan fingerprint density at radius 1 is 1.67 bits per heavy atom. The molecule has 0 fully saturated rings. The van der Waals surface area contributed by atoms with E-state index in [0.717, 1.165) is 6.20 Å². The fourth-order valence-corrected chi connectivity index (χ4v) is 0.719. The molecule has 0 saturated carbocycles. The normalized spacial score (nSPS) is 9.33. The largest absolute Gasteiger partial charge is 0.511 e. The topological polar surface area (TPSA) is 95.2 Å².